The van der Waals surface area contributed by atoms with Gasteiger partial charge in [0.2, 0.25) is 5.89 Å². The molecule has 1 aliphatic rings. The van der Waals surface area contributed by atoms with E-state index in [0.29, 0.717) is 36.2 Å². The standard InChI is InChI=1S/C17H15BrN4O3/c18-13-8-12(9-19-10-13)17(23)22-5-3-11(4-6-22)15-20-21-16(25-15)14-2-1-7-24-14/h1-2,7-11H,3-6H2. The monoisotopic (exact) mass is 402 g/mol. The van der Waals surface area contributed by atoms with Gasteiger partial charge < -0.3 is 13.7 Å². The Morgan fingerprint density at radius 1 is 1.24 bits per heavy atom. The lowest BCUT2D eigenvalue weighted by Gasteiger charge is -2.30. The Bertz CT molecular complexity index is 870. The summed E-state index contributed by atoms with van der Waals surface area (Å²) >= 11 is 3.34. The van der Waals surface area contributed by atoms with Crippen LogP contribution in [0, 0.1) is 0 Å². The predicted molar refractivity (Wildman–Crippen MR) is 91.8 cm³/mol. The summed E-state index contributed by atoms with van der Waals surface area (Å²) in [5, 5.41) is 8.18. The van der Waals surface area contributed by atoms with Gasteiger partial charge in [-0.15, -0.1) is 10.2 Å². The highest BCUT2D eigenvalue weighted by molar-refractivity contribution is 9.10. The third-order valence-electron chi connectivity index (χ3n) is 4.26. The van der Waals surface area contributed by atoms with Crippen molar-refractivity contribution in [1.29, 1.82) is 0 Å². The molecule has 0 spiro atoms. The van der Waals surface area contributed by atoms with Gasteiger partial charge in [-0.3, -0.25) is 9.78 Å². The highest BCUT2D eigenvalue weighted by Gasteiger charge is 2.28. The summed E-state index contributed by atoms with van der Waals surface area (Å²) in [6.07, 6.45) is 6.39. The molecule has 1 aliphatic heterocycles. The van der Waals surface area contributed by atoms with Crippen LogP contribution in [0.15, 0.2) is 50.2 Å². The molecular formula is C17H15BrN4O3. The van der Waals surface area contributed by atoms with E-state index in [4.69, 9.17) is 8.83 Å². The SMILES string of the molecule is O=C(c1cncc(Br)c1)N1CCC(c2nnc(-c3ccco3)o2)CC1. The van der Waals surface area contributed by atoms with Crippen LogP contribution in [-0.4, -0.2) is 39.1 Å². The van der Waals surface area contributed by atoms with Crippen LogP contribution in [-0.2, 0) is 0 Å². The number of amides is 1. The molecule has 1 amide bonds. The molecule has 0 N–H and O–H groups in total. The van der Waals surface area contributed by atoms with E-state index >= 15 is 0 Å². The topological polar surface area (TPSA) is 85.3 Å². The zero-order valence-electron chi connectivity index (χ0n) is 13.3. The Balaban J connectivity index is 1.41. The molecule has 0 atom stereocenters. The number of hydrogen-bond donors (Lipinski definition) is 0. The Kier molecular flexibility index (Phi) is 4.35. The molecule has 25 heavy (non-hydrogen) atoms. The summed E-state index contributed by atoms with van der Waals surface area (Å²) in [6.45, 7) is 1.29. The number of carbonyl (C=O) groups is 1. The van der Waals surface area contributed by atoms with Crippen LogP contribution in [0.3, 0.4) is 0 Å². The molecule has 7 nitrogen and oxygen atoms in total. The molecule has 1 saturated heterocycles. The first-order valence-corrected chi connectivity index (χ1v) is 8.77. The second-order valence-electron chi connectivity index (χ2n) is 5.88. The minimum Gasteiger partial charge on any atom is -0.459 e. The average Bonchev–Trinajstić information content (AvgIpc) is 3.32. The second-order valence-corrected chi connectivity index (χ2v) is 6.80. The highest BCUT2D eigenvalue weighted by atomic mass is 79.9. The second kappa shape index (κ2) is 6.79. The number of halogens is 1. The van der Waals surface area contributed by atoms with Crippen LogP contribution in [0.1, 0.15) is 35.0 Å². The number of likely N-dealkylation sites (tertiary alicyclic amines) is 1. The first kappa shape index (κ1) is 16.0. The average molecular weight is 403 g/mol. The van der Waals surface area contributed by atoms with E-state index in [1.807, 2.05) is 4.90 Å². The fraction of sp³-hybridized carbons (Fsp3) is 0.294. The Hall–Kier alpha value is -2.48. The summed E-state index contributed by atoms with van der Waals surface area (Å²) in [6, 6.07) is 5.35. The summed E-state index contributed by atoms with van der Waals surface area (Å²) in [5.41, 5.74) is 0.589. The summed E-state index contributed by atoms with van der Waals surface area (Å²) in [4.78, 5) is 18.4. The third-order valence-corrected chi connectivity index (χ3v) is 4.69. The molecule has 0 unspecified atom stereocenters. The van der Waals surface area contributed by atoms with Crippen molar-refractivity contribution < 1.29 is 13.6 Å². The Morgan fingerprint density at radius 2 is 2.08 bits per heavy atom. The van der Waals surface area contributed by atoms with E-state index in [2.05, 4.69) is 31.1 Å². The molecule has 0 aromatic carbocycles. The van der Waals surface area contributed by atoms with Crippen molar-refractivity contribution in [1.82, 2.24) is 20.1 Å². The number of piperidine rings is 1. The van der Waals surface area contributed by atoms with Gasteiger partial charge in [-0.05, 0) is 47.0 Å². The van der Waals surface area contributed by atoms with E-state index in [-0.39, 0.29) is 11.8 Å². The van der Waals surface area contributed by atoms with Gasteiger partial charge >= 0.3 is 0 Å². The number of furan rings is 1. The molecule has 0 radical (unpaired) electrons. The minimum atomic E-state index is -0.00551. The van der Waals surface area contributed by atoms with Crippen molar-refractivity contribution in [3.8, 4) is 11.7 Å². The zero-order valence-corrected chi connectivity index (χ0v) is 14.8. The fourth-order valence-corrected chi connectivity index (χ4v) is 3.31. The van der Waals surface area contributed by atoms with Crippen LogP contribution in [0.25, 0.3) is 11.7 Å². The molecule has 0 aliphatic carbocycles. The largest absolute Gasteiger partial charge is 0.459 e. The molecule has 3 aromatic heterocycles. The number of nitrogens with zero attached hydrogens (tertiary/aromatic N) is 4. The van der Waals surface area contributed by atoms with E-state index < -0.39 is 0 Å². The van der Waals surface area contributed by atoms with Gasteiger partial charge in [0.25, 0.3) is 11.8 Å². The Morgan fingerprint density at radius 3 is 2.80 bits per heavy atom. The van der Waals surface area contributed by atoms with Gasteiger partial charge in [-0.1, -0.05) is 0 Å². The summed E-state index contributed by atoms with van der Waals surface area (Å²) < 4.78 is 11.8. The van der Waals surface area contributed by atoms with E-state index in [9.17, 15) is 4.79 Å². The number of aromatic nitrogens is 3. The number of pyridine rings is 1. The van der Waals surface area contributed by atoms with Crippen LogP contribution < -0.4 is 0 Å². The fourth-order valence-electron chi connectivity index (χ4n) is 2.94. The Labute approximate surface area is 152 Å². The maximum Gasteiger partial charge on any atom is 0.283 e. The smallest absolute Gasteiger partial charge is 0.283 e. The molecule has 128 valence electrons. The van der Waals surface area contributed by atoms with Gasteiger partial charge in [0, 0.05) is 35.9 Å². The van der Waals surface area contributed by atoms with Crippen molar-refractivity contribution >= 4 is 21.8 Å². The normalized spacial score (nSPS) is 15.5. The number of carbonyl (C=O) groups excluding carboxylic acids is 1. The molecule has 3 aromatic rings. The first-order chi connectivity index (χ1) is 12.2. The summed E-state index contributed by atoms with van der Waals surface area (Å²) in [7, 11) is 0. The van der Waals surface area contributed by atoms with Crippen molar-refractivity contribution in [2.45, 2.75) is 18.8 Å². The van der Waals surface area contributed by atoms with E-state index in [0.717, 1.165) is 17.3 Å². The van der Waals surface area contributed by atoms with Crippen LogP contribution >= 0.6 is 15.9 Å². The molecule has 4 rings (SSSR count). The summed E-state index contributed by atoms with van der Waals surface area (Å²) in [5.74, 6) is 1.70. The first-order valence-electron chi connectivity index (χ1n) is 7.98. The number of hydrogen-bond acceptors (Lipinski definition) is 6. The van der Waals surface area contributed by atoms with Gasteiger partial charge in [0.15, 0.2) is 5.76 Å². The predicted octanol–water partition coefficient (Wildman–Crippen LogP) is 3.51. The van der Waals surface area contributed by atoms with Crippen LogP contribution in [0.4, 0.5) is 0 Å². The molecule has 8 heteroatoms. The maximum atomic E-state index is 12.6. The molecule has 1 fully saturated rings. The van der Waals surface area contributed by atoms with E-state index in [1.165, 1.54) is 0 Å². The lowest BCUT2D eigenvalue weighted by molar-refractivity contribution is 0.0706. The zero-order chi connectivity index (χ0) is 17.2. The number of rotatable bonds is 3. The quantitative estimate of drug-likeness (QED) is 0.666. The molecule has 0 saturated carbocycles. The van der Waals surface area contributed by atoms with Crippen molar-refractivity contribution in [3.63, 3.8) is 0 Å². The van der Waals surface area contributed by atoms with E-state index in [1.54, 1.807) is 36.9 Å². The lowest BCUT2D eigenvalue weighted by Crippen LogP contribution is -2.38. The van der Waals surface area contributed by atoms with Crippen molar-refractivity contribution in [2.24, 2.45) is 0 Å². The van der Waals surface area contributed by atoms with Crippen LogP contribution in [0.5, 0.6) is 0 Å². The molecular weight excluding hydrogens is 388 g/mol. The third kappa shape index (κ3) is 3.34. The van der Waals surface area contributed by atoms with Crippen molar-refractivity contribution in [2.75, 3.05) is 13.1 Å². The highest BCUT2D eigenvalue weighted by Crippen LogP contribution is 2.30. The lowest BCUT2D eigenvalue weighted by atomic mass is 9.96. The van der Waals surface area contributed by atoms with Gasteiger partial charge in [-0.25, -0.2) is 0 Å². The van der Waals surface area contributed by atoms with Crippen LogP contribution in [0.2, 0.25) is 0 Å². The molecule has 0 bridgehead atoms. The maximum absolute atomic E-state index is 12.6. The minimum absolute atomic E-state index is 0.00551. The van der Waals surface area contributed by atoms with Gasteiger partial charge in [0.05, 0.1) is 11.8 Å². The van der Waals surface area contributed by atoms with Crippen molar-refractivity contribution in [3.05, 3.63) is 52.8 Å². The van der Waals surface area contributed by atoms with Gasteiger partial charge in [-0.2, -0.15) is 0 Å². The van der Waals surface area contributed by atoms with Gasteiger partial charge in [0.1, 0.15) is 0 Å². The molecule has 4 heterocycles.